The molecule has 0 amide bonds. The summed E-state index contributed by atoms with van der Waals surface area (Å²) in [6, 6.07) is 1.51. The van der Waals surface area contributed by atoms with Gasteiger partial charge in [0.2, 0.25) is 0 Å². The molecule has 1 nitrogen and oxygen atoms in total. The molecule has 2 fully saturated rings. The summed E-state index contributed by atoms with van der Waals surface area (Å²) in [7, 11) is 0. The van der Waals surface area contributed by atoms with Crippen LogP contribution in [0.5, 0.6) is 0 Å². The van der Waals surface area contributed by atoms with Crippen molar-refractivity contribution in [1.82, 2.24) is 5.32 Å². The summed E-state index contributed by atoms with van der Waals surface area (Å²) in [4.78, 5) is 0. The Labute approximate surface area is 101 Å². The van der Waals surface area contributed by atoms with Crippen molar-refractivity contribution in [2.24, 2.45) is 11.3 Å². The van der Waals surface area contributed by atoms with Gasteiger partial charge < -0.3 is 5.32 Å². The zero-order chi connectivity index (χ0) is 11.6. The Morgan fingerprint density at radius 3 is 2.25 bits per heavy atom. The summed E-state index contributed by atoms with van der Waals surface area (Å²) < 4.78 is 0. The third kappa shape index (κ3) is 2.80. The van der Waals surface area contributed by atoms with E-state index in [4.69, 9.17) is 0 Å². The minimum Gasteiger partial charge on any atom is -0.311 e. The smallest absolute Gasteiger partial charge is 0.0121 e. The second-order valence-electron chi connectivity index (χ2n) is 6.79. The van der Waals surface area contributed by atoms with E-state index in [9.17, 15) is 0 Å². The Bertz CT molecular complexity index is 215. The molecule has 1 heteroatoms. The van der Waals surface area contributed by atoms with Crippen LogP contribution in [0, 0.1) is 11.3 Å². The van der Waals surface area contributed by atoms with Gasteiger partial charge in [0.05, 0.1) is 0 Å². The molecule has 2 aliphatic carbocycles. The van der Waals surface area contributed by atoms with E-state index in [1.165, 1.54) is 51.4 Å². The first kappa shape index (κ1) is 12.4. The number of nitrogens with one attached hydrogen (secondary N) is 1. The fourth-order valence-electron chi connectivity index (χ4n) is 3.72. The first-order chi connectivity index (χ1) is 7.59. The van der Waals surface area contributed by atoms with Crippen LogP contribution < -0.4 is 5.32 Å². The van der Waals surface area contributed by atoms with Crippen molar-refractivity contribution in [1.29, 1.82) is 0 Å². The molecule has 0 spiro atoms. The maximum absolute atomic E-state index is 3.94. The third-order valence-corrected chi connectivity index (χ3v) is 5.08. The van der Waals surface area contributed by atoms with Gasteiger partial charge in [-0.25, -0.2) is 0 Å². The Morgan fingerprint density at radius 1 is 1.00 bits per heavy atom. The fourth-order valence-corrected chi connectivity index (χ4v) is 3.72. The molecule has 0 saturated heterocycles. The molecule has 2 atom stereocenters. The van der Waals surface area contributed by atoms with Crippen molar-refractivity contribution in [3.8, 4) is 0 Å². The summed E-state index contributed by atoms with van der Waals surface area (Å²) in [5.41, 5.74) is 0.531. The molecule has 2 rings (SSSR count). The number of rotatable bonds is 3. The second kappa shape index (κ2) is 5.08. The second-order valence-corrected chi connectivity index (χ2v) is 6.79. The van der Waals surface area contributed by atoms with Crippen LogP contribution in [0.25, 0.3) is 0 Å². The minimum absolute atomic E-state index is 0.531. The predicted molar refractivity (Wildman–Crippen MR) is 70.6 cm³/mol. The first-order valence-corrected chi connectivity index (χ1v) is 7.36. The van der Waals surface area contributed by atoms with Crippen LogP contribution >= 0.6 is 0 Å². The van der Waals surface area contributed by atoms with Gasteiger partial charge in [-0.2, -0.15) is 0 Å². The highest BCUT2D eigenvalue weighted by atomic mass is 15.0. The van der Waals surface area contributed by atoms with Crippen LogP contribution in [-0.4, -0.2) is 12.1 Å². The molecule has 16 heavy (non-hydrogen) atoms. The maximum atomic E-state index is 3.94. The van der Waals surface area contributed by atoms with Crippen molar-refractivity contribution in [3.63, 3.8) is 0 Å². The largest absolute Gasteiger partial charge is 0.311 e. The lowest BCUT2D eigenvalue weighted by atomic mass is 9.82. The summed E-state index contributed by atoms with van der Waals surface area (Å²) in [5.74, 6) is 0.949. The number of hydrogen-bond donors (Lipinski definition) is 1. The molecule has 0 aromatic carbocycles. The average Bonchev–Trinajstić information content (AvgIpc) is 2.59. The van der Waals surface area contributed by atoms with Crippen LogP contribution in [-0.2, 0) is 0 Å². The lowest BCUT2D eigenvalue weighted by Gasteiger charge is -2.35. The van der Waals surface area contributed by atoms with E-state index in [-0.39, 0.29) is 0 Å². The molecular weight excluding hydrogens is 194 g/mol. The summed E-state index contributed by atoms with van der Waals surface area (Å²) in [5, 5.41) is 3.94. The quantitative estimate of drug-likeness (QED) is 0.759. The Morgan fingerprint density at radius 2 is 1.69 bits per heavy atom. The molecule has 0 aliphatic heterocycles. The van der Waals surface area contributed by atoms with Gasteiger partial charge >= 0.3 is 0 Å². The molecule has 2 aliphatic rings. The van der Waals surface area contributed by atoms with E-state index in [1.807, 2.05) is 0 Å². The Balaban J connectivity index is 1.84. The number of hydrogen-bond acceptors (Lipinski definition) is 1. The molecular formula is C15H29N. The summed E-state index contributed by atoms with van der Waals surface area (Å²) >= 11 is 0. The lowest BCUT2D eigenvalue weighted by Crippen LogP contribution is -2.46. The normalized spacial score (nSPS) is 32.8. The van der Waals surface area contributed by atoms with Crippen molar-refractivity contribution in [2.45, 2.75) is 84.2 Å². The maximum Gasteiger partial charge on any atom is 0.0121 e. The van der Waals surface area contributed by atoms with Crippen molar-refractivity contribution < 1.29 is 0 Å². The van der Waals surface area contributed by atoms with E-state index >= 15 is 0 Å². The van der Waals surface area contributed by atoms with E-state index in [0.717, 1.165) is 18.0 Å². The molecule has 1 unspecified atom stereocenters. The van der Waals surface area contributed by atoms with Crippen molar-refractivity contribution in [3.05, 3.63) is 0 Å². The molecule has 1 N–H and O–H groups in total. The molecule has 0 heterocycles. The van der Waals surface area contributed by atoms with Crippen LogP contribution in [0.2, 0.25) is 0 Å². The van der Waals surface area contributed by atoms with Crippen LogP contribution in [0.4, 0.5) is 0 Å². The van der Waals surface area contributed by atoms with Crippen LogP contribution in [0.3, 0.4) is 0 Å². The van der Waals surface area contributed by atoms with E-state index < -0.39 is 0 Å². The van der Waals surface area contributed by atoms with Gasteiger partial charge in [-0.05, 0) is 43.9 Å². The summed E-state index contributed by atoms with van der Waals surface area (Å²) in [6.45, 7) is 7.29. The van der Waals surface area contributed by atoms with Crippen molar-refractivity contribution in [2.75, 3.05) is 0 Å². The van der Waals surface area contributed by atoms with Gasteiger partial charge in [0.15, 0.2) is 0 Å². The first-order valence-electron chi connectivity index (χ1n) is 7.36. The minimum atomic E-state index is 0.531. The monoisotopic (exact) mass is 223 g/mol. The topological polar surface area (TPSA) is 12.0 Å². The van der Waals surface area contributed by atoms with E-state index in [0.29, 0.717) is 5.41 Å². The molecule has 0 radical (unpaired) electrons. The Kier molecular flexibility index (Phi) is 3.94. The van der Waals surface area contributed by atoms with Crippen molar-refractivity contribution >= 4 is 0 Å². The van der Waals surface area contributed by atoms with Gasteiger partial charge in [0, 0.05) is 12.1 Å². The lowest BCUT2D eigenvalue weighted by molar-refractivity contribution is 0.211. The zero-order valence-corrected chi connectivity index (χ0v) is 11.4. The van der Waals surface area contributed by atoms with Crippen LogP contribution in [0.15, 0.2) is 0 Å². The fraction of sp³-hybridized carbons (Fsp3) is 1.00. The molecule has 0 aromatic rings. The Hall–Kier alpha value is -0.0400. The predicted octanol–water partition coefficient (Wildman–Crippen LogP) is 4.12. The van der Waals surface area contributed by atoms with E-state index in [2.05, 4.69) is 26.1 Å². The highest BCUT2D eigenvalue weighted by Gasteiger charge is 2.35. The molecule has 94 valence electrons. The molecule has 2 saturated carbocycles. The highest BCUT2D eigenvalue weighted by molar-refractivity contribution is 4.92. The molecule has 0 aromatic heterocycles. The van der Waals surface area contributed by atoms with Gasteiger partial charge in [-0.3, -0.25) is 0 Å². The SMILES string of the molecule is C[C@H](NC1CCCC1(C)C)C1CCCCC1. The zero-order valence-electron chi connectivity index (χ0n) is 11.4. The third-order valence-electron chi connectivity index (χ3n) is 5.08. The standard InChI is InChI=1S/C15H29N/c1-12(13-8-5-4-6-9-13)16-14-10-7-11-15(14,2)3/h12-14,16H,4-11H2,1-3H3/t12-,14?/m0/s1. The van der Waals surface area contributed by atoms with Crippen LogP contribution in [0.1, 0.15) is 72.1 Å². The average molecular weight is 223 g/mol. The van der Waals surface area contributed by atoms with Gasteiger partial charge in [0.1, 0.15) is 0 Å². The van der Waals surface area contributed by atoms with Gasteiger partial charge in [-0.1, -0.05) is 39.5 Å². The van der Waals surface area contributed by atoms with Gasteiger partial charge in [0.25, 0.3) is 0 Å². The summed E-state index contributed by atoms with van der Waals surface area (Å²) in [6.07, 6.45) is 11.5. The van der Waals surface area contributed by atoms with E-state index in [1.54, 1.807) is 0 Å². The molecule has 0 bridgehead atoms. The highest BCUT2D eigenvalue weighted by Crippen LogP contribution is 2.38. The van der Waals surface area contributed by atoms with Gasteiger partial charge in [-0.15, -0.1) is 0 Å².